The molecule has 0 saturated carbocycles. The van der Waals surface area contributed by atoms with Crippen LogP contribution in [-0.4, -0.2) is 21.4 Å². The number of hydrogen-bond donors (Lipinski definition) is 1. The van der Waals surface area contributed by atoms with E-state index in [0.29, 0.717) is 11.4 Å². The highest BCUT2D eigenvalue weighted by molar-refractivity contribution is 6.18. The van der Waals surface area contributed by atoms with Crippen molar-refractivity contribution in [3.63, 3.8) is 0 Å². The Kier molecular flexibility index (Phi) is 2.94. The first kappa shape index (κ1) is 13.9. The predicted molar refractivity (Wildman–Crippen MR) is 93.8 cm³/mol. The zero-order valence-electron chi connectivity index (χ0n) is 13.2. The summed E-state index contributed by atoms with van der Waals surface area (Å²) in [6.07, 6.45) is 0.910. The third kappa shape index (κ3) is 2.27. The Labute approximate surface area is 135 Å². The highest BCUT2D eigenvalue weighted by Crippen LogP contribution is 2.31. The van der Waals surface area contributed by atoms with Gasteiger partial charge in [0, 0.05) is 10.9 Å². The summed E-state index contributed by atoms with van der Waals surface area (Å²) in [4.78, 5) is 4.93. The summed E-state index contributed by atoms with van der Waals surface area (Å²) in [6.45, 7) is 4.27. The largest absolute Gasteiger partial charge is 0.396 e. The van der Waals surface area contributed by atoms with Gasteiger partial charge >= 0.3 is 0 Å². The number of nitrogen functional groups attached to an aromatic ring is 1. The van der Waals surface area contributed by atoms with Gasteiger partial charge in [-0.3, -0.25) is 4.99 Å². The Morgan fingerprint density at radius 2 is 1.70 bits per heavy atom. The molecule has 1 aliphatic heterocycles. The fourth-order valence-corrected chi connectivity index (χ4v) is 3.20. The molecule has 1 aromatic heterocycles. The average molecular weight is 302 g/mol. The summed E-state index contributed by atoms with van der Waals surface area (Å²) in [5, 5.41) is 9.63. The molecule has 2 N–H and O–H groups in total. The van der Waals surface area contributed by atoms with Gasteiger partial charge in [-0.1, -0.05) is 42.5 Å². The van der Waals surface area contributed by atoms with Crippen molar-refractivity contribution in [3.05, 3.63) is 65.4 Å². The Balaban J connectivity index is 1.99. The lowest BCUT2D eigenvalue weighted by Crippen LogP contribution is -2.30. The summed E-state index contributed by atoms with van der Waals surface area (Å²) in [5.74, 6) is 0. The Morgan fingerprint density at radius 3 is 2.57 bits per heavy atom. The normalized spacial score (nSPS) is 16.0. The smallest absolute Gasteiger partial charge is 0.135 e. The molecule has 1 aliphatic rings. The molecule has 3 aromatic rings. The van der Waals surface area contributed by atoms with Crippen molar-refractivity contribution in [2.45, 2.75) is 25.8 Å². The predicted octanol–water partition coefficient (Wildman–Crippen LogP) is 3.38. The molecule has 4 nitrogen and oxygen atoms in total. The van der Waals surface area contributed by atoms with E-state index >= 15 is 0 Å². The maximum atomic E-state index is 6.41. The lowest BCUT2D eigenvalue weighted by Gasteiger charge is -2.29. The molecule has 0 atom stereocenters. The second-order valence-electron chi connectivity index (χ2n) is 6.59. The van der Waals surface area contributed by atoms with Crippen LogP contribution in [0.1, 0.15) is 30.7 Å². The number of anilines is 1. The lowest BCUT2D eigenvalue weighted by molar-refractivity contribution is 0.513. The van der Waals surface area contributed by atoms with Crippen molar-refractivity contribution in [2.24, 2.45) is 4.99 Å². The number of nitrogens with two attached hydrogens (primary N) is 1. The van der Waals surface area contributed by atoms with Crippen LogP contribution in [0.5, 0.6) is 0 Å². The van der Waals surface area contributed by atoms with Crippen LogP contribution in [0.3, 0.4) is 0 Å². The van der Waals surface area contributed by atoms with Gasteiger partial charge in [-0.25, -0.2) is 0 Å². The number of aromatic nitrogens is 2. The van der Waals surface area contributed by atoms with Crippen LogP contribution in [0.15, 0.2) is 53.5 Å². The molecule has 2 heterocycles. The van der Waals surface area contributed by atoms with Crippen LogP contribution in [0.25, 0.3) is 10.9 Å². The van der Waals surface area contributed by atoms with Gasteiger partial charge in [0.05, 0.1) is 22.5 Å². The minimum absolute atomic E-state index is 0.177. The van der Waals surface area contributed by atoms with Crippen LogP contribution in [-0.2, 0) is 6.42 Å². The van der Waals surface area contributed by atoms with E-state index in [-0.39, 0.29) is 5.54 Å². The van der Waals surface area contributed by atoms with Gasteiger partial charge in [0.2, 0.25) is 0 Å². The number of rotatable bonds is 1. The molecule has 0 amide bonds. The number of hydrogen-bond acceptors (Lipinski definition) is 4. The molecular formula is C19H18N4. The van der Waals surface area contributed by atoms with Crippen molar-refractivity contribution in [2.75, 3.05) is 5.73 Å². The molecule has 4 rings (SSSR count). The van der Waals surface area contributed by atoms with Crippen molar-refractivity contribution >= 4 is 22.3 Å². The molecule has 0 unspecified atom stereocenters. The number of nitrogens with zero attached hydrogens (tertiary/aromatic N) is 3. The Hall–Kier alpha value is -2.75. The summed E-state index contributed by atoms with van der Waals surface area (Å²) >= 11 is 0. The van der Waals surface area contributed by atoms with E-state index in [9.17, 15) is 0 Å². The summed E-state index contributed by atoms with van der Waals surface area (Å²) in [5.41, 5.74) is 11.6. The van der Waals surface area contributed by atoms with Gasteiger partial charge in [-0.05, 0) is 31.9 Å². The first-order chi connectivity index (χ1) is 11.1. The molecular weight excluding hydrogens is 284 g/mol. The first-order valence-electron chi connectivity index (χ1n) is 7.74. The van der Waals surface area contributed by atoms with Crippen LogP contribution < -0.4 is 5.73 Å². The average Bonchev–Trinajstić information content (AvgIpc) is 2.54. The molecule has 23 heavy (non-hydrogen) atoms. The van der Waals surface area contributed by atoms with Crippen molar-refractivity contribution < 1.29 is 0 Å². The quantitative estimate of drug-likeness (QED) is 0.749. The third-order valence-electron chi connectivity index (χ3n) is 4.24. The number of benzene rings is 2. The van der Waals surface area contributed by atoms with E-state index < -0.39 is 0 Å². The monoisotopic (exact) mass is 302 g/mol. The second-order valence-corrected chi connectivity index (χ2v) is 6.59. The highest BCUT2D eigenvalue weighted by Gasteiger charge is 2.29. The summed E-state index contributed by atoms with van der Waals surface area (Å²) in [7, 11) is 0. The van der Waals surface area contributed by atoms with Crippen LogP contribution >= 0.6 is 0 Å². The lowest BCUT2D eigenvalue weighted by atomic mass is 9.86. The fourth-order valence-electron chi connectivity index (χ4n) is 3.20. The topological polar surface area (TPSA) is 64.2 Å². The third-order valence-corrected chi connectivity index (χ3v) is 4.24. The van der Waals surface area contributed by atoms with Gasteiger partial charge in [0.15, 0.2) is 0 Å². The maximum absolute atomic E-state index is 6.41. The zero-order chi connectivity index (χ0) is 16.0. The second kappa shape index (κ2) is 4.88. The van der Waals surface area contributed by atoms with E-state index in [1.54, 1.807) is 0 Å². The molecule has 0 saturated heterocycles. The van der Waals surface area contributed by atoms with Gasteiger partial charge < -0.3 is 5.73 Å². The van der Waals surface area contributed by atoms with E-state index in [2.05, 4.69) is 42.2 Å². The molecule has 4 heteroatoms. The highest BCUT2D eigenvalue weighted by atomic mass is 15.1. The van der Waals surface area contributed by atoms with Crippen molar-refractivity contribution in [3.8, 4) is 0 Å². The van der Waals surface area contributed by atoms with E-state index in [1.807, 2.05) is 30.3 Å². The van der Waals surface area contributed by atoms with Crippen LogP contribution in [0, 0.1) is 0 Å². The fraction of sp³-hybridized carbons (Fsp3) is 0.211. The van der Waals surface area contributed by atoms with E-state index in [1.165, 1.54) is 5.56 Å². The molecule has 2 aromatic carbocycles. The molecule has 0 aliphatic carbocycles. The minimum atomic E-state index is -0.177. The SMILES string of the molecule is CC1(C)Cc2ccccc2C(c2nnc3ccccc3c2N)=N1. The summed E-state index contributed by atoms with van der Waals surface area (Å²) < 4.78 is 0. The molecule has 0 radical (unpaired) electrons. The van der Waals surface area contributed by atoms with Crippen LogP contribution in [0.2, 0.25) is 0 Å². The van der Waals surface area contributed by atoms with Gasteiger partial charge in [0.1, 0.15) is 5.69 Å². The minimum Gasteiger partial charge on any atom is -0.396 e. The molecule has 0 bridgehead atoms. The molecule has 0 fully saturated rings. The molecule has 0 spiro atoms. The zero-order valence-corrected chi connectivity index (χ0v) is 13.2. The van der Waals surface area contributed by atoms with Gasteiger partial charge in [-0.15, -0.1) is 10.2 Å². The van der Waals surface area contributed by atoms with E-state index in [0.717, 1.165) is 28.6 Å². The number of fused-ring (bicyclic) bond motifs is 2. The Bertz CT molecular complexity index is 941. The van der Waals surface area contributed by atoms with Gasteiger partial charge in [-0.2, -0.15) is 0 Å². The standard InChI is InChI=1S/C19H18N4/c1-19(2)11-12-7-3-4-8-13(12)17(21-19)18-16(20)14-9-5-6-10-15(14)22-23-18/h3-10H,11H2,1-2H3,(H2,20,22). The Morgan fingerprint density at radius 1 is 0.957 bits per heavy atom. The first-order valence-corrected chi connectivity index (χ1v) is 7.74. The van der Waals surface area contributed by atoms with Gasteiger partial charge in [0.25, 0.3) is 0 Å². The van der Waals surface area contributed by atoms with Crippen LogP contribution in [0.4, 0.5) is 5.69 Å². The van der Waals surface area contributed by atoms with E-state index in [4.69, 9.17) is 10.7 Å². The van der Waals surface area contributed by atoms with Crippen molar-refractivity contribution in [1.29, 1.82) is 0 Å². The molecule has 114 valence electrons. The number of aliphatic imine (C=N–C) groups is 1. The summed E-state index contributed by atoms with van der Waals surface area (Å²) in [6, 6.07) is 16.1. The van der Waals surface area contributed by atoms with Crippen molar-refractivity contribution in [1.82, 2.24) is 10.2 Å². The maximum Gasteiger partial charge on any atom is 0.135 e.